The van der Waals surface area contributed by atoms with Crippen LogP contribution in [0.3, 0.4) is 0 Å². The topological polar surface area (TPSA) is 115 Å². The number of hydrogen-bond acceptors (Lipinski definition) is 8. The van der Waals surface area contributed by atoms with Crippen molar-refractivity contribution in [3.63, 3.8) is 0 Å². The number of nitrogens with zero attached hydrogens (tertiary/aromatic N) is 4. The zero-order valence-corrected chi connectivity index (χ0v) is 15.4. The van der Waals surface area contributed by atoms with E-state index >= 15 is 0 Å². The molecule has 2 aromatic heterocycles. The van der Waals surface area contributed by atoms with Crippen LogP contribution in [0.5, 0.6) is 0 Å². The minimum absolute atomic E-state index is 0.0333. The number of imidazole rings is 1. The largest absolute Gasteiger partial charge is 0.387 e. The second-order valence-corrected chi connectivity index (χ2v) is 8.14. The lowest BCUT2D eigenvalue weighted by Gasteiger charge is -2.28. The lowest BCUT2D eigenvalue weighted by atomic mass is 9.94. The van der Waals surface area contributed by atoms with Gasteiger partial charge in [-0.15, -0.1) is 0 Å². The highest BCUT2D eigenvalue weighted by molar-refractivity contribution is 6.07. The summed E-state index contributed by atoms with van der Waals surface area (Å²) in [5.41, 5.74) is 1.28. The van der Waals surface area contributed by atoms with Gasteiger partial charge in [0.15, 0.2) is 23.2 Å². The van der Waals surface area contributed by atoms with Gasteiger partial charge in [0.2, 0.25) is 0 Å². The molecule has 0 amide bonds. The maximum Gasteiger partial charge on any atom is 0.167 e. The van der Waals surface area contributed by atoms with Crippen molar-refractivity contribution >= 4 is 28.8 Å². The van der Waals surface area contributed by atoms with Gasteiger partial charge in [-0.2, -0.15) is 0 Å². The molecule has 2 saturated carbocycles. The van der Waals surface area contributed by atoms with Crippen LogP contribution >= 0.6 is 11.9 Å². The van der Waals surface area contributed by atoms with Gasteiger partial charge in [-0.1, -0.05) is 0 Å². The molecule has 10 heteroatoms. The Bertz CT molecular complexity index is 840. The molecule has 0 radical (unpaired) electrons. The molecule has 9 nitrogen and oxygen atoms in total. The van der Waals surface area contributed by atoms with E-state index in [1.807, 2.05) is 0 Å². The monoisotopic (exact) mass is 395 g/mol. The molecule has 0 aromatic carbocycles. The number of aliphatic hydroxyl groups excluding tert-OH is 2. The fraction of sp³-hybridized carbons (Fsp3) is 0.706. The number of ether oxygens (including phenoxy) is 1. The van der Waals surface area contributed by atoms with E-state index in [0.29, 0.717) is 17.0 Å². The normalized spacial score (nSPS) is 38.1. The Morgan fingerprint density at radius 2 is 2.07 bits per heavy atom. The van der Waals surface area contributed by atoms with E-state index in [4.69, 9.17) is 16.6 Å². The Morgan fingerprint density at radius 1 is 1.26 bits per heavy atom. The number of anilines is 1. The summed E-state index contributed by atoms with van der Waals surface area (Å²) in [6.45, 7) is -0.0333. The molecule has 3 aliphatic rings. The molecule has 1 aliphatic heterocycles. The van der Waals surface area contributed by atoms with Gasteiger partial charge in [-0.25, -0.2) is 15.0 Å². The summed E-state index contributed by atoms with van der Waals surface area (Å²) < 4.78 is 11.9. The quantitative estimate of drug-likeness (QED) is 0.695. The van der Waals surface area contributed by atoms with Crippen molar-refractivity contribution in [1.29, 1.82) is 0 Å². The highest BCUT2D eigenvalue weighted by Crippen LogP contribution is 2.49. The van der Waals surface area contributed by atoms with E-state index in [0.717, 1.165) is 18.8 Å². The van der Waals surface area contributed by atoms with E-state index in [1.54, 1.807) is 10.9 Å². The molecule has 0 spiro atoms. The lowest BCUT2D eigenvalue weighted by molar-refractivity contribution is -0.0465. The summed E-state index contributed by atoms with van der Waals surface area (Å²) in [7, 11) is 0. The van der Waals surface area contributed by atoms with Crippen molar-refractivity contribution in [2.24, 2.45) is 5.92 Å². The van der Waals surface area contributed by atoms with E-state index in [2.05, 4.69) is 24.6 Å². The molecule has 1 saturated heterocycles. The van der Waals surface area contributed by atoms with Gasteiger partial charge in [-0.3, -0.25) is 8.86 Å². The Morgan fingerprint density at radius 3 is 2.78 bits per heavy atom. The van der Waals surface area contributed by atoms with Gasteiger partial charge in [0.05, 0.1) is 24.8 Å². The molecule has 2 bridgehead atoms. The van der Waals surface area contributed by atoms with Gasteiger partial charge in [0.25, 0.3) is 0 Å². The second kappa shape index (κ2) is 6.52. The number of hydrogen-bond donors (Lipinski definition) is 3. The highest BCUT2D eigenvalue weighted by atomic mass is 35.5. The summed E-state index contributed by atoms with van der Waals surface area (Å²) in [6.07, 6.45) is 5.23. The molecule has 3 N–H and O–H groups in total. The van der Waals surface area contributed by atoms with Crippen LogP contribution in [0.25, 0.3) is 11.2 Å². The molecule has 2 unspecified atom stereocenters. The minimum atomic E-state index is -1.14. The standard InChI is InChI=1S/C17H22ClN5O4/c18-26-6-10-12(24)13(25)16(27-10)23-8-21-11-14(19-7-20-15(11)23)22-17-3-1-9(5-17)2-4-17/h7-10,12-13,16,24-25H,1-6H2,(H,19,20,22)/t9?,10-,12?,13?,16-,17?/m1/s1. The number of aliphatic hydroxyl groups is 2. The van der Waals surface area contributed by atoms with Crippen molar-refractivity contribution < 1.29 is 19.2 Å². The highest BCUT2D eigenvalue weighted by Gasteiger charge is 2.46. The minimum Gasteiger partial charge on any atom is -0.387 e. The van der Waals surface area contributed by atoms with Crippen LogP contribution in [-0.2, 0) is 9.03 Å². The molecule has 5 rings (SSSR count). The van der Waals surface area contributed by atoms with Gasteiger partial charge >= 0.3 is 0 Å². The van der Waals surface area contributed by atoms with Crippen LogP contribution in [0.15, 0.2) is 12.7 Å². The van der Waals surface area contributed by atoms with Crippen LogP contribution < -0.4 is 5.32 Å². The first-order chi connectivity index (χ1) is 13.1. The number of fused-ring (bicyclic) bond motifs is 3. The number of rotatable bonds is 5. The zero-order valence-electron chi connectivity index (χ0n) is 14.7. The van der Waals surface area contributed by atoms with Crippen LogP contribution in [0, 0.1) is 5.92 Å². The van der Waals surface area contributed by atoms with E-state index in [9.17, 15) is 10.2 Å². The first-order valence-corrected chi connectivity index (χ1v) is 9.62. The summed E-state index contributed by atoms with van der Waals surface area (Å²) >= 11 is 5.27. The van der Waals surface area contributed by atoms with Crippen molar-refractivity contribution in [3.8, 4) is 0 Å². The molecule has 4 atom stereocenters. The lowest BCUT2D eigenvalue weighted by Crippen LogP contribution is -2.33. The van der Waals surface area contributed by atoms with Crippen molar-refractivity contribution in [3.05, 3.63) is 12.7 Å². The molecule has 2 aromatic rings. The third-order valence-corrected chi connectivity index (χ3v) is 6.45. The predicted octanol–water partition coefficient (Wildman–Crippen LogP) is 1.36. The molecule has 146 valence electrons. The van der Waals surface area contributed by atoms with Crippen LogP contribution in [0.2, 0.25) is 0 Å². The third kappa shape index (κ3) is 2.80. The third-order valence-electron chi connectivity index (χ3n) is 6.32. The zero-order chi connectivity index (χ0) is 18.6. The SMILES string of the molecule is OC1C(O)[C@@H](COCl)O[C@H]1n1cnc2c(NC34CCC(CC3)C4)ncnc21. The van der Waals surface area contributed by atoms with Gasteiger partial charge in [0, 0.05) is 5.54 Å². The molecule has 2 aliphatic carbocycles. The number of halogens is 1. The van der Waals surface area contributed by atoms with Crippen molar-refractivity contribution in [1.82, 2.24) is 19.5 Å². The molecule has 3 fully saturated rings. The maximum absolute atomic E-state index is 10.4. The number of aromatic nitrogens is 4. The maximum atomic E-state index is 10.4. The second-order valence-electron chi connectivity index (χ2n) is 7.92. The number of nitrogens with one attached hydrogen (secondary N) is 1. The molecule has 3 heterocycles. The Labute approximate surface area is 160 Å². The van der Waals surface area contributed by atoms with Crippen LogP contribution in [-0.4, -0.2) is 60.2 Å². The molecular formula is C17H22ClN5O4. The average Bonchev–Trinajstić information content (AvgIpc) is 3.42. The smallest absolute Gasteiger partial charge is 0.167 e. The van der Waals surface area contributed by atoms with Gasteiger partial charge in [0.1, 0.15) is 24.6 Å². The fourth-order valence-electron chi connectivity index (χ4n) is 4.91. The van der Waals surface area contributed by atoms with Gasteiger partial charge in [-0.05, 0) is 38.0 Å². The van der Waals surface area contributed by atoms with Crippen molar-refractivity contribution in [2.45, 2.75) is 62.2 Å². The first-order valence-electron chi connectivity index (χ1n) is 9.31. The Kier molecular flexibility index (Phi) is 4.25. The van der Waals surface area contributed by atoms with Crippen LogP contribution in [0.1, 0.15) is 38.3 Å². The fourth-order valence-corrected chi connectivity index (χ4v) is 5.03. The summed E-state index contributed by atoms with van der Waals surface area (Å²) in [5, 5.41) is 24.2. The summed E-state index contributed by atoms with van der Waals surface area (Å²) in [4.78, 5) is 13.2. The van der Waals surface area contributed by atoms with E-state index in [1.165, 1.54) is 25.6 Å². The summed E-state index contributed by atoms with van der Waals surface area (Å²) in [5.74, 6) is 1.52. The van der Waals surface area contributed by atoms with E-state index in [-0.39, 0.29) is 12.1 Å². The van der Waals surface area contributed by atoms with Crippen molar-refractivity contribution in [2.75, 3.05) is 11.9 Å². The average molecular weight is 396 g/mol. The van der Waals surface area contributed by atoms with Gasteiger partial charge < -0.3 is 20.3 Å². The molecular weight excluding hydrogens is 374 g/mol. The Hall–Kier alpha value is -1.52. The van der Waals surface area contributed by atoms with E-state index < -0.39 is 24.5 Å². The Balaban J connectivity index is 1.46. The first kappa shape index (κ1) is 17.6. The predicted molar refractivity (Wildman–Crippen MR) is 96.0 cm³/mol. The summed E-state index contributed by atoms with van der Waals surface area (Å²) in [6, 6.07) is 0. The van der Waals surface area contributed by atoms with Crippen LogP contribution in [0.4, 0.5) is 5.82 Å². The molecule has 27 heavy (non-hydrogen) atoms.